The predicted molar refractivity (Wildman–Crippen MR) is 94.8 cm³/mol. The summed E-state index contributed by atoms with van der Waals surface area (Å²) >= 11 is 0. The normalized spacial score (nSPS) is 27.9. The van der Waals surface area contributed by atoms with Crippen molar-refractivity contribution in [2.45, 2.75) is 40.2 Å². The van der Waals surface area contributed by atoms with Gasteiger partial charge in [-0.15, -0.1) is 24.0 Å². The minimum absolute atomic E-state index is 0. The van der Waals surface area contributed by atoms with E-state index in [1.165, 1.54) is 6.42 Å². The lowest BCUT2D eigenvalue weighted by Gasteiger charge is -2.25. The van der Waals surface area contributed by atoms with Gasteiger partial charge >= 0.3 is 0 Å². The van der Waals surface area contributed by atoms with Crippen LogP contribution in [-0.4, -0.2) is 50.8 Å². The Labute approximate surface area is 140 Å². The van der Waals surface area contributed by atoms with Gasteiger partial charge in [0.15, 0.2) is 5.96 Å². The molecule has 118 valence electrons. The Kier molecular flexibility index (Phi) is 5.75. The van der Waals surface area contributed by atoms with Crippen LogP contribution in [0, 0.1) is 16.7 Å². The van der Waals surface area contributed by atoms with Crippen LogP contribution in [-0.2, 0) is 4.74 Å². The van der Waals surface area contributed by atoms with E-state index in [1.54, 1.807) is 0 Å². The van der Waals surface area contributed by atoms with Gasteiger partial charge in [-0.3, -0.25) is 4.99 Å². The van der Waals surface area contributed by atoms with Gasteiger partial charge in [0.25, 0.3) is 0 Å². The van der Waals surface area contributed by atoms with Crippen molar-refractivity contribution < 1.29 is 4.74 Å². The van der Waals surface area contributed by atoms with Crippen LogP contribution < -0.4 is 5.32 Å². The molecule has 0 spiro atoms. The molecule has 1 heterocycles. The van der Waals surface area contributed by atoms with Gasteiger partial charge in [0.2, 0.25) is 0 Å². The third-order valence-electron chi connectivity index (χ3n) is 5.42. The second-order valence-electron chi connectivity index (χ2n) is 7.18. The third kappa shape index (κ3) is 3.24. The quantitative estimate of drug-likeness (QED) is 0.454. The zero-order chi connectivity index (χ0) is 14.3. The lowest BCUT2D eigenvalue weighted by molar-refractivity contribution is 0.181. The Hall–Kier alpha value is -0.0400. The molecule has 1 saturated carbocycles. The summed E-state index contributed by atoms with van der Waals surface area (Å²) in [6.07, 6.45) is 1.17. The summed E-state index contributed by atoms with van der Waals surface area (Å²) in [5, 5.41) is 3.63. The Morgan fingerprint density at radius 2 is 1.90 bits per heavy atom. The van der Waals surface area contributed by atoms with Crippen molar-refractivity contribution in [1.29, 1.82) is 0 Å². The number of nitrogens with zero attached hydrogens (tertiary/aromatic N) is 2. The van der Waals surface area contributed by atoms with E-state index in [0.29, 0.717) is 22.8 Å². The number of guanidine groups is 1. The number of hydrogen-bond acceptors (Lipinski definition) is 2. The largest absolute Gasteiger partial charge is 0.381 e. The fourth-order valence-corrected chi connectivity index (χ4v) is 3.23. The van der Waals surface area contributed by atoms with E-state index >= 15 is 0 Å². The molecule has 2 rings (SSSR count). The molecule has 0 aromatic rings. The minimum atomic E-state index is 0. The Balaban J connectivity index is 0.00000200. The third-order valence-corrected chi connectivity index (χ3v) is 5.42. The van der Waals surface area contributed by atoms with Crippen molar-refractivity contribution in [2.75, 3.05) is 33.9 Å². The van der Waals surface area contributed by atoms with Crippen molar-refractivity contribution in [2.24, 2.45) is 21.7 Å². The average Bonchev–Trinajstić information content (AvgIpc) is 2.75. The average molecular weight is 395 g/mol. The first-order valence-corrected chi connectivity index (χ1v) is 7.33. The van der Waals surface area contributed by atoms with Crippen LogP contribution in [0.2, 0.25) is 0 Å². The molecule has 2 aliphatic rings. The molecular weight excluding hydrogens is 365 g/mol. The van der Waals surface area contributed by atoms with Gasteiger partial charge in [0, 0.05) is 39.2 Å². The molecule has 20 heavy (non-hydrogen) atoms. The van der Waals surface area contributed by atoms with E-state index in [4.69, 9.17) is 4.74 Å². The zero-order valence-electron chi connectivity index (χ0n) is 13.7. The van der Waals surface area contributed by atoms with Crippen molar-refractivity contribution in [3.63, 3.8) is 0 Å². The summed E-state index contributed by atoms with van der Waals surface area (Å²) in [6.45, 7) is 12.1. The molecule has 0 bridgehead atoms. The molecule has 2 fully saturated rings. The Morgan fingerprint density at radius 1 is 1.30 bits per heavy atom. The maximum Gasteiger partial charge on any atom is 0.193 e. The number of rotatable bonds is 3. The maximum absolute atomic E-state index is 5.44. The van der Waals surface area contributed by atoms with Crippen LogP contribution in [0.1, 0.15) is 34.1 Å². The van der Waals surface area contributed by atoms with Crippen molar-refractivity contribution >= 4 is 29.9 Å². The van der Waals surface area contributed by atoms with E-state index in [0.717, 1.165) is 25.7 Å². The molecule has 1 aliphatic carbocycles. The molecule has 0 aromatic heterocycles. The highest BCUT2D eigenvalue weighted by Crippen LogP contribution is 2.62. The van der Waals surface area contributed by atoms with Crippen molar-refractivity contribution in [3.8, 4) is 0 Å². The zero-order valence-corrected chi connectivity index (χ0v) is 16.0. The first kappa shape index (κ1) is 18.0. The molecule has 1 aliphatic heterocycles. The number of nitrogens with one attached hydrogen (secondary N) is 1. The first-order chi connectivity index (χ1) is 8.80. The van der Waals surface area contributed by atoms with Crippen LogP contribution >= 0.6 is 24.0 Å². The van der Waals surface area contributed by atoms with Gasteiger partial charge < -0.3 is 15.0 Å². The fraction of sp³-hybridized carbons (Fsp3) is 0.933. The van der Waals surface area contributed by atoms with Gasteiger partial charge in [0.1, 0.15) is 0 Å². The van der Waals surface area contributed by atoms with Gasteiger partial charge in [0.05, 0.1) is 6.61 Å². The van der Waals surface area contributed by atoms with Crippen LogP contribution in [0.4, 0.5) is 0 Å². The molecule has 5 heteroatoms. The SMILES string of the molecule is CN=C(NC1C(C)(C)C1(C)C)N(C)CC1CCOC1.I. The fourth-order valence-electron chi connectivity index (χ4n) is 3.23. The highest BCUT2D eigenvalue weighted by Gasteiger charge is 2.65. The molecule has 1 saturated heterocycles. The van der Waals surface area contributed by atoms with Crippen LogP contribution in [0.3, 0.4) is 0 Å². The van der Waals surface area contributed by atoms with Gasteiger partial charge in [-0.25, -0.2) is 0 Å². The van der Waals surface area contributed by atoms with Crippen molar-refractivity contribution in [3.05, 3.63) is 0 Å². The number of hydrogen-bond donors (Lipinski definition) is 1. The van der Waals surface area contributed by atoms with Crippen LogP contribution in [0.15, 0.2) is 4.99 Å². The molecule has 1 N–H and O–H groups in total. The number of ether oxygens (including phenoxy) is 1. The summed E-state index contributed by atoms with van der Waals surface area (Å²) < 4.78 is 5.44. The number of aliphatic imine (C=N–C) groups is 1. The maximum atomic E-state index is 5.44. The molecule has 0 aromatic carbocycles. The molecule has 0 radical (unpaired) electrons. The van der Waals surface area contributed by atoms with Crippen LogP contribution in [0.25, 0.3) is 0 Å². The number of halogens is 1. The lowest BCUT2D eigenvalue weighted by Crippen LogP contribution is -2.43. The standard InChI is InChI=1S/C15H29N3O.HI/c1-14(2)12(15(14,3)4)17-13(16-5)18(6)9-11-7-8-19-10-11;/h11-12H,7-10H2,1-6H3,(H,16,17);1H. The first-order valence-electron chi connectivity index (χ1n) is 7.33. The summed E-state index contributed by atoms with van der Waals surface area (Å²) in [5.74, 6) is 1.65. The smallest absolute Gasteiger partial charge is 0.193 e. The summed E-state index contributed by atoms with van der Waals surface area (Å²) in [4.78, 5) is 6.67. The van der Waals surface area contributed by atoms with E-state index in [2.05, 4.69) is 50.0 Å². The van der Waals surface area contributed by atoms with E-state index in [-0.39, 0.29) is 24.0 Å². The highest BCUT2D eigenvalue weighted by atomic mass is 127. The van der Waals surface area contributed by atoms with Gasteiger partial charge in [-0.2, -0.15) is 0 Å². The second kappa shape index (κ2) is 6.38. The molecule has 0 amide bonds. The summed E-state index contributed by atoms with van der Waals surface area (Å²) in [5.41, 5.74) is 0.667. The van der Waals surface area contributed by atoms with Crippen LogP contribution in [0.5, 0.6) is 0 Å². The molecule has 1 atom stereocenters. The van der Waals surface area contributed by atoms with Gasteiger partial charge in [-0.1, -0.05) is 27.7 Å². The van der Waals surface area contributed by atoms with E-state index in [9.17, 15) is 0 Å². The topological polar surface area (TPSA) is 36.9 Å². The van der Waals surface area contributed by atoms with Crippen molar-refractivity contribution in [1.82, 2.24) is 10.2 Å². The monoisotopic (exact) mass is 395 g/mol. The Morgan fingerprint density at radius 3 is 2.30 bits per heavy atom. The van der Waals surface area contributed by atoms with Gasteiger partial charge in [-0.05, 0) is 17.3 Å². The lowest BCUT2D eigenvalue weighted by atomic mass is 10.0. The van der Waals surface area contributed by atoms with E-state index in [1.807, 2.05) is 7.05 Å². The Bertz CT molecular complexity index is 348. The van der Waals surface area contributed by atoms with E-state index < -0.39 is 0 Å². The highest BCUT2D eigenvalue weighted by molar-refractivity contribution is 14.0. The predicted octanol–water partition coefficient (Wildman–Crippen LogP) is 2.58. The molecular formula is C15H30IN3O. The summed E-state index contributed by atoms with van der Waals surface area (Å²) in [7, 11) is 3.99. The summed E-state index contributed by atoms with van der Waals surface area (Å²) in [6, 6.07) is 0.501. The minimum Gasteiger partial charge on any atom is -0.381 e. The second-order valence-corrected chi connectivity index (χ2v) is 7.18. The molecule has 4 nitrogen and oxygen atoms in total. The molecule has 1 unspecified atom stereocenters.